The number of aryl methyl sites for hydroxylation is 2. The van der Waals surface area contributed by atoms with E-state index in [1.165, 1.54) is 26.6 Å². The lowest BCUT2D eigenvalue weighted by molar-refractivity contribution is 1.03. The largest absolute Gasteiger partial charge is 0.328 e. The summed E-state index contributed by atoms with van der Waals surface area (Å²) in [6.07, 6.45) is 1.93. The van der Waals surface area contributed by atoms with Crippen molar-refractivity contribution in [2.24, 2.45) is 0 Å². The number of aromatic nitrogens is 1. The number of pyridine rings is 1. The molecule has 2 nitrogen and oxygen atoms in total. The van der Waals surface area contributed by atoms with Gasteiger partial charge in [-0.15, -0.1) is 0 Å². The Kier molecular flexibility index (Phi) is 2.37. The van der Waals surface area contributed by atoms with Crippen LogP contribution in [-0.2, 0) is 0 Å². The number of anilines is 2. The second-order valence-corrected chi connectivity index (χ2v) is 5.55. The van der Waals surface area contributed by atoms with Crippen molar-refractivity contribution >= 4 is 23.3 Å². The molecule has 2 aromatic rings. The first-order valence-electron chi connectivity index (χ1n) is 5.64. The van der Waals surface area contributed by atoms with Gasteiger partial charge in [-0.2, -0.15) is 0 Å². The number of rotatable bonds is 0. The van der Waals surface area contributed by atoms with Gasteiger partial charge < -0.3 is 4.90 Å². The Bertz CT molecular complexity index is 541. The molecule has 2 heterocycles. The Balaban J connectivity index is 2.17. The van der Waals surface area contributed by atoms with E-state index in [0.717, 1.165) is 5.82 Å². The van der Waals surface area contributed by atoms with E-state index in [9.17, 15) is 0 Å². The topological polar surface area (TPSA) is 16.1 Å². The molecule has 1 aliphatic rings. The maximum Gasteiger partial charge on any atom is 0.146 e. The third-order valence-corrected chi connectivity index (χ3v) is 4.05. The molecule has 0 spiro atoms. The highest BCUT2D eigenvalue weighted by Crippen LogP contribution is 2.46. The van der Waals surface area contributed by atoms with E-state index in [4.69, 9.17) is 0 Å². The summed E-state index contributed by atoms with van der Waals surface area (Å²) in [7, 11) is 2.08. The Morgan fingerprint density at radius 3 is 2.65 bits per heavy atom. The van der Waals surface area contributed by atoms with Crippen molar-refractivity contribution in [3.05, 3.63) is 41.6 Å². The predicted molar refractivity (Wildman–Crippen MR) is 72.3 cm³/mol. The van der Waals surface area contributed by atoms with E-state index >= 15 is 0 Å². The molecule has 1 aromatic heterocycles. The monoisotopic (exact) mass is 242 g/mol. The molecule has 0 saturated carbocycles. The molecule has 86 valence electrons. The second-order valence-electron chi connectivity index (χ2n) is 4.47. The minimum Gasteiger partial charge on any atom is -0.328 e. The standard InChI is InChI=1S/C14H14N2S/c1-9-4-5-11-12(6-9)17-13-7-10(2)8-15-14(13)16(11)3/h4-8H,1-3H3. The first-order valence-corrected chi connectivity index (χ1v) is 6.46. The molecule has 3 heteroatoms. The summed E-state index contributed by atoms with van der Waals surface area (Å²) in [5.74, 6) is 1.05. The minimum atomic E-state index is 1.05. The Morgan fingerprint density at radius 2 is 1.82 bits per heavy atom. The van der Waals surface area contributed by atoms with Crippen molar-refractivity contribution in [3.63, 3.8) is 0 Å². The summed E-state index contributed by atoms with van der Waals surface area (Å²) >= 11 is 1.81. The maximum atomic E-state index is 4.53. The van der Waals surface area contributed by atoms with Crippen LogP contribution in [0.15, 0.2) is 40.3 Å². The van der Waals surface area contributed by atoms with Crippen LogP contribution in [0.25, 0.3) is 0 Å². The highest BCUT2D eigenvalue weighted by atomic mass is 32.2. The Morgan fingerprint density at radius 1 is 1.06 bits per heavy atom. The fraction of sp³-hybridized carbons (Fsp3) is 0.214. The summed E-state index contributed by atoms with van der Waals surface area (Å²) in [4.78, 5) is 9.25. The average molecular weight is 242 g/mol. The third kappa shape index (κ3) is 1.71. The molecule has 3 rings (SSSR count). The lowest BCUT2D eigenvalue weighted by Gasteiger charge is -2.28. The Labute approximate surface area is 106 Å². The van der Waals surface area contributed by atoms with Crippen LogP contribution in [-0.4, -0.2) is 12.0 Å². The maximum absolute atomic E-state index is 4.53. The lowest BCUT2D eigenvalue weighted by Crippen LogP contribution is -2.16. The van der Waals surface area contributed by atoms with Crippen molar-refractivity contribution in [3.8, 4) is 0 Å². The van der Waals surface area contributed by atoms with Crippen LogP contribution >= 0.6 is 11.8 Å². The van der Waals surface area contributed by atoms with Crippen LogP contribution in [0.2, 0.25) is 0 Å². The Hall–Kier alpha value is -1.48. The van der Waals surface area contributed by atoms with Crippen molar-refractivity contribution in [2.75, 3.05) is 11.9 Å². The van der Waals surface area contributed by atoms with Crippen molar-refractivity contribution < 1.29 is 0 Å². The molecule has 0 bridgehead atoms. The molecule has 1 aliphatic heterocycles. The van der Waals surface area contributed by atoms with Gasteiger partial charge in [-0.25, -0.2) is 4.98 Å². The number of hydrogen-bond acceptors (Lipinski definition) is 3. The van der Waals surface area contributed by atoms with E-state index in [1.54, 1.807) is 0 Å². The average Bonchev–Trinajstić information content (AvgIpc) is 2.28. The van der Waals surface area contributed by atoms with Crippen LogP contribution in [0.5, 0.6) is 0 Å². The van der Waals surface area contributed by atoms with Crippen molar-refractivity contribution in [1.29, 1.82) is 0 Å². The number of fused-ring (bicyclic) bond motifs is 2. The quantitative estimate of drug-likeness (QED) is 0.696. The smallest absolute Gasteiger partial charge is 0.146 e. The summed E-state index contributed by atoms with van der Waals surface area (Å²) in [5, 5.41) is 0. The number of hydrogen-bond donors (Lipinski definition) is 0. The highest BCUT2D eigenvalue weighted by molar-refractivity contribution is 7.99. The summed E-state index contributed by atoms with van der Waals surface area (Å²) < 4.78 is 0. The zero-order chi connectivity index (χ0) is 12.0. The molecule has 0 unspecified atom stereocenters. The summed E-state index contributed by atoms with van der Waals surface area (Å²) in [6, 6.07) is 8.76. The molecular weight excluding hydrogens is 228 g/mol. The van der Waals surface area contributed by atoms with Crippen molar-refractivity contribution in [1.82, 2.24) is 4.98 Å². The van der Waals surface area contributed by atoms with Gasteiger partial charge in [0.05, 0.1) is 10.6 Å². The third-order valence-electron chi connectivity index (χ3n) is 2.98. The second kappa shape index (κ2) is 3.77. The van der Waals surface area contributed by atoms with Crippen molar-refractivity contribution in [2.45, 2.75) is 23.6 Å². The van der Waals surface area contributed by atoms with E-state index in [-0.39, 0.29) is 0 Å². The van der Waals surface area contributed by atoms with Gasteiger partial charge >= 0.3 is 0 Å². The zero-order valence-electron chi connectivity index (χ0n) is 10.2. The van der Waals surface area contributed by atoms with E-state index in [1.807, 2.05) is 18.0 Å². The molecule has 0 aliphatic carbocycles. The molecule has 0 amide bonds. The fourth-order valence-electron chi connectivity index (χ4n) is 2.07. The van der Waals surface area contributed by atoms with Crippen LogP contribution < -0.4 is 4.90 Å². The summed E-state index contributed by atoms with van der Waals surface area (Å²) in [6.45, 7) is 4.21. The first kappa shape index (κ1) is 10.7. The molecule has 0 radical (unpaired) electrons. The van der Waals surface area contributed by atoms with Gasteiger partial charge in [0.2, 0.25) is 0 Å². The van der Waals surface area contributed by atoms with Gasteiger partial charge in [0.1, 0.15) is 5.82 Å². The molecule has 1 aromatic carbocycles. The highest BCUT2D eigenvalue weighted by Gasteiger charge is 2.21. The van der Waals surface area contributed by atoms with Crippen LogP contribution in [0.4, 0.5) is 11.5 Å². The number of benzene rings is 1. The fourth-order valence-corrected chi connectivity index (χ4v) is 3.39. The van der Waals surface area contributed by atoms with Gasteiger partial charge in [-0.1, -0.05) is 17.8 Å². The molecule has 0 N–H and O–H groups in total. The van der Waals surface area contributed by atoms with Gasteiger partial charge in [0.15, 0.2) is 0 Å². The molecule has 0 saturated heterocycles. The van der Waals surface area contributed by atoms with Gasteiger partial charge in [0, 0.05) is 18.1 Å². The molecule has 0 fully saturated rings. The SMILES string of the molecule is Cc1ccc2c(c1)Sc1cc(C)cnc1N2C. The molecule has 0 atom stereocenters. The first-order chi connectivity index (χ1) is 8.15. The zero-order valence-corrected chi connectivity index (χ0v) is 11.0. The van der Waals surface area contributed by atoms with Gasteiger partial charge in [-0.3, -0.25) is 0 Å². The van der Waals surface area contributed by atoms with E-state index in [0.29, 0.717) is 0 Å². The van der Waals surface area contributed by atoms with Crippen LogP contribution in [0.3, 0.4) is 0 Å². The van der Waals surface area contributed by atoms with Gasteiger partial charge in [-0.05, 0) is 43.2 Å². The minimum absolute atomic E-state index is 1.05. The molecular formula is C14H14N2S. The van der Waals surface area contributed by atoms with Crippen LogP contribution in [0, 0.1) is 13.8 Å². The predicted octanol–water partition coefficient (Wildman–Crippen LogP) is 3.93. The van der Waals surface area contributed by atoms with Crippen LogP contribution in [0.1, 0.15) is 11.1 Å². The van der Waals surface area contributed by atoms with E-state index in [2.05, 4.69) is 55.0 Å². The van der Waals surface area contributed by atoms with Gasteiger partial charge in [0.25, 0.3) is 0 Å². The lowest BCUT2D eigenvalue weighted by atomic mass is 10.2. The number of nitrogens with zero attached hydrogens (tertiary/aromatic N) is 2. The normalized spacial score (nSPS) is 13.2. The summed E-state index contributed by atoms with van der Waals surface area (Å²) in [5.41, 5.74) is 3.75. The molecule has 17 heavy (non-hydrogen) atoms. The van der Waals surface area contributed by atoms with E-state index < -0.39 is 0 Å².